The molecule has 7 nitrogen and oxygen atoms in total. The number of benzene rings is 1. The summed E-state index contributed by atoms with van der Waals surface area (Å²) in [5.41, 5.74) is 0.545. The fourth-order valence-electron chi connectivity index (χ4n) is 2.26. The summed E-state index contributed by atoms with van der Waals surface area (Å²) in [6.07, 6.45) is 0.417. The van der Waals surface area contributed by atoms with Crippen molar-refractivity contribution in [3.63, 3.8) is 0 Å². The van der Waals surface area contributed by atoms with E-state index in [4.69, 9.17) is 23.7 Å². The van der Waals surface area contributed by atoms with Gasteiger partial charge in [0.15, 0.2) is 11.5 Å². The van der Waals surface area contributed by atoms with Gasteiger partial charge in [0.05, 0.1) is 46.7 Å². The summed E-state index contributed by atoms with van der Waals surface area (Å²) in [5, 5.41) is 10.5. The van der Waals surface area contributed by atoms with E-state index in [0.29, 0.717) is 35.2 Å². The second-order valence-electron chi connectivity index (χ2n) is 4.97. The minimum atomic E-state index is -0.930. The number of aliphatic hydroxyl groups is 1. The van der Waals surface area contributed by atoms with Crippen molar-refractivity contribution in [1.82, 2.24) is 0 Å². The Morgan fingerprint density at radius 3 is 2.04 bits per heavy atom. The standard InChI is InChI=1S/C18H26O7/c1-6-24-13(11-17(20)25-7-2)10-14(19)12-8-15(21-3)18(23-5)16(9-12)22-4/h8-9,11,14,19H,6-7,10H2,1-5H3/b13-11-/t14-/m1/s1. The van der Waals surface area contributed by atoms with E-state index in [1.165, 1.54) is 27.4 Å². The molecule has 0 saturated carbocycles. The highest BCUT2D eigenvalue weighted by molar-refractivity contribution is 5.82. The lowest BCUT2D eigenvalue weighted by molar-refractivity contribution is -0.137. The Kier molecular flexibility index (Phi) is 8.63. The van der Waals surface area contributed by atoms with E-state index < -0.39 is 12.1 Å². The van der Waals surface area contributed by atoms with Crippen LogP contribution in [-0.4, -0.2) is 45.6 Å². The zero-order chi connectivity index (χ0) is 18.8. The van der Waals surface area contributed by atoms with Crippen molar-refractivity contribution in [2.75, 3.05) is 34.5 Å². The van der Waals surface area contributed by atoms with Crippen LogP contribution in [0.5, 0.6) is 17.2 Å². The van der Waals surface area contributed by atoms with Crippen molar-refractivity contribution in [2.24, 2.45) is 0 Å². The summed E-state index contributed by atoms with van der Waals surface area (Å²) in [7, 11) is 4.51. The molecule has 0 spiro atoms. The molecule has 0 heterocycles. The summed E-state index contributed by atoms with van der Waals surface area (Å²) in [6, 6.07) is 3.31. The van der Waals surface area contributed by atoms with Crippen molar-refractivity contribution in [2.45, 2.75) is 26.4 Å². The largest absolute Gasteiger partial charge is 0.498 e. The molecule has 0 unspecified atom stereocenters. The van der Waals surface area contributed by atoms with Crippen LogP contribution >= 0.6 is 0 Å². The third-order valence-corrected chi connectivity index (χ3v) is 3.36. The first-order valence-corrected chi connectivity index (χ1v) is 7.98. The Balaban J connectivity index is 3.08. The maximum absolute atomic E-state index is 11.6. The van der Waals surface area contributed by atoms with Gasteiger partial charge < -0.3 is 28.8 Å². The number of rotatable bonds is 10. The number of aliphatic hydroxyl groups excluding tert-OH is 1. The molecule has 1 rings (SSSR count). The lowest BCUT2D eigenvalue weighted by atomic mass is 10.0. The molecule has 25 heavy (non-hydrogen) atoms. The molecule has 1 atom stereocenters. The van der Waals surface area contributed by atoms with Gasteiger partial charge in [0.25, 0.3) is 0 Å². The molecule has 0 bridgehead atoms. The number of esters is 1. The molecule has 1 aromatic rings. The Bertz CT molecular complexity index is 570. The van der Waals surface area contributed by atoms with Gasteiger partial charge in [0.2, 0.25) is 5.75 Å². The summed E-state index contributed by atoms with van der Waals surface area (Å²) >= 11 is 0. The molecule has 1 aromatic carbocycles. The molecular formula is C18H26O7. The Morgan fingerprint density at radius 2 is 1.60 bits per heavy atom. The second kappa shape index (κ2) is 10.5. The highest BCUT2D eigenvalue weighted by atomic mass is 16.5. The van der Waals surface area contributed by atoms with Crippen molar-refractivity contribution >= 4 is 5.97 Å². The normalized spacial score (nSPS) is 12.3. The Hall–Kier alpha value is -2.41. The van der Waals surface area contributed by atoms with Crippen LogP contribution in [0, 0.1) is 0 Å². The van der Waals surface area contributed by atoms with Gasteiger partial charge in [-0.1, -0.05) is 0 Å². The Morgan fingerprint density at radius 1 is 1.04 bits per heavy atom. The van der Waals surface area contributed by atoms with E-state index >= 15 is 0 Å². The summed E-state index contributed by atoms with van der Waals surface area (Å²) in [6.45, 7) is 4.15. The van der Waals surface area contributed by atoms with Crippen LogP contribution in [0.25, 0.3) is 0 Å². The predicted octanol–water partition coefficient (Wildman–Crippen LogP) is 2.62. The number of ether oxygens (including phenoxy) is 5. The monoisotopic (exact) mass is 354 g/mol. The van der Waals surface area contributed by atoms with Gasteiger partial charge in [0, 0.05) is 6.42 Å². The predicted molar refractivity (Wildman–Crippen MR) is 92.0 cm³/mol. The molecule has 0 amide bonds. The van der Waals surface area contributed by atoms with Crippen LogP contribution in [0.2, 0.25) is 0 Å². The maximum Gasteiger partial charge on any atom is 0.334 e. The minimum Gasteiger partial charge on any atom is -0.498 e. The van der Waals surface area contributed by atoms with Gasteiger partial charge in [-0.25, -0.2) is 4.79 Å². The lowest BCUT2D eigenvalue weighted by Crippen LogP contribution is -2.07. The van der Waals surface area contributed by atoms with Gasteiger partial charge in [-0.2, -0.15) is 0 Å². The van der Waals surface area contributed by atoms with E-state index in [-0.39, 0.29) is 13.0 Å². The minimum absolute atomic E-state index is 0.102. The molecule has 140 valence electrons. The molecule has 0 aliphatic rings. The van der Waals surface area contributed by atoms with E-state index in [1.54, 1.807) is 26.0 Å². The number of carbonyl (C=O) groups excluding carboxylic acids is 1. The first kappa shape index (κ1) is 20.6. The first-order valence-electron chi connectivity index (χ1n) is 7.98. The molecular weight excluding hydrogens is 328 g/mol. The van der Waals surface area contributed by atoms with Gasteiger partial charge in [-0.3, -0.25) is 0 Å². The zero-order valence-electron chi connectivity index (χ0n) is 15.3. The van der Waals surface area contributed by atoms with Crippen molar-refractivity contribution in [1.29, 1.82) is 0 Å². The zero-order valence-corrected chi connectivity index (χ0v) is 15.3. The molecule has 0 aromatic heterocycles. The molecule has 0 radical (unpaired) electrons. The SMILES string of the molecule is CCOC(=O)/C=C(/C[C@@H](O)c1cc(OC)c(OC)c(OC)c1)OCC. The summed E-state index contributed by atoms with van der Waals surface area (Å²) in [5.74, 6) is 1.13. The van der Waals surface area contributed by atoms with Crippen LogP contribution in [0.4, 0.5) is 0 Å². The highest BCUT2D eigenvalue weighted by Crippen LogP contribution is 2.40. The first-order chi connectivity index (χ1) is 12.0. The van der Waals surface area contributed by atoms with Crippen LogP contribution in [-0.2, 0) is 14.3 Å². The maximum atomic E-state index is 11.6. The molecule has 0 aliphatic carbocycles. The lowest BCUT2D eigenvalue weighted by Gasteiger charge is -2.18. The highest BCUT2D eigenvalue weighted by Gasteiger charge is 2.19. The van der Waals surface area contributed by atoms with Gasteiger partial charge in [-0.15, -0.1) is 0 Å². The molecule has 0 aliphatic heterocycles. The average Bonchev–Trinajstić information content (AvgIpc) is 2.60. The third kappa shape index (κ3) is 5.86. The topological polar surface area (TPSA) is 83.5 Å². The van der Waals surface area contributed by atoms with E-state index in [0.717, 1.165) is 0 Å². The van der Waals surface area contributed by atoms with Crippen molar-refractivity contribution in [3.8, 4) is 17.2 Å². The second-order valence-corrected chi connectivity index (χ2v) is 4.97. The summed E-state index contributed by atoms with van der Waals surface area (Å²) < 4.78 is 26.1. The van der Waals surface area contributed by atoms with E-state index in [1.807, 2.05) is 0 Å². The Labute approximate surface area is 148 Å². The molecule has 1 N–H and O–H groups in total. The van der Waals surface area contributed by atoms with Crippen LogP contribution < -0.4 is 14.2 Å². The van der Waals surface area contributed by atoms with Crippen LogP contribution in [0.1, 0.15) is 31.9 Å². The quantitative estimate of drug-likeness (QED) is 0.393. The smallest absolute Gasteiger partial charge is 0.334 e. The van der Waals surface area contributed by atoms with Gasteiger partial charge in [-0.05, 0) is 31.5 Å². The third-order valence-electron chi connectivity index (χ3n) is 3.36. The van der Waals surface area contributed by atoms with E-state index in [2.05, 4.69) is 0 Å². The molecule has 0 fully saturated rings. The van der Waals surface area contributed by atoms with Crippen LogP contribution in [0.15, 0.2) is 24.0 Å². The fraction of sp³-hybridized carbons (Fsp3) is 0.500. The number of hydrogen-bond acceptors (Lipinski definition) is 7. The molecule has 7 heteroatoms. The van der Waals surface area contributed by atoms with Crippen molar-refractivity contribution in [3.05, 3.63) is 29.5 Å². The number of hydrogen-bond donors (Lipinski definition) is 1. The van der Waals surface area contributed by atoms with Crippen LogP contribution in [0.3, 0.4) is 0 Å². The van der Waals surface area contributed by atoms with E-state index in [9.17, 15) is 9.90 Å². The molecule has 0 saturated heterocycles. The fourth-order valence-corrected chi connectivity index (χ4v) is 2.26. The van der Waals surface area contributed by atoms with Crippen molar-refractivity contribution < 1.29 is 33.6 Å². The number of methoxy groups -OCH3 is 3. The summed E-state index contributed by atoms with van der Waals surface area (Å²) in [4.78, 5) is 11.6. The van der Waals surface area contributed by atoms with Gasteiger partial charge in [0.1, 0.15) is 5.76 Å². The van der Waals surface area contributed by atoms with Gasteiger partial charge >= 0.3 is 5.97 Å². The number of carbonyl (C=O) groups is 1. The average molecular weight is 354 g/mol.